The molecule has 0 saturated carbocycles. The molecule has 1 aliphatic rings. The SMILES string of the molecule is COC(=O)C(O)C1=CCCCO1. The molecule has 1 heterocycles. The molecule has 0 aromatic heterocycles. The molecule has 1 atom stereocenters. The first-order valence-corrected chi connectivity index (χ1v) is 3.84. The average molecular weight is 172 g/mol. The summed E-state index contributed by atoms with van der Waals surface area (Å²) in [6.45, 7) is 0.555. The van der Waals surface area contributed by atoms with Crippen LogP contribution in [-0.4, -0.2) is 30.9 Å². The summed E-state index contributed by atoms with van der Waals surface area (Å²) >= 11 is 0. The van der Waals surface area contributed by atoms with Gasteiger partial charge in [0.2, 0.25) is 6.10 Å². The van der Waals surface area contributed by atoms with E-state index in [0.29, 0.717) is 12.4 Å². The largest absolute Gasteiger partial charge is 0.495 e. The van der Waals surface area contributed by atoms with Crippen LogP contribution in [0.15, 0.2) is 11.8 Å². The molecule has 0 aromatic rings. The van der Waals surface area contributed by atoms with Crippen LogP contribution in [0.1, 0.15) is 12.8 Å². The zero-order valence-electron chi connectivity index (χ0n) is 6.95. The second-order valence-electron chi connectivity index (χ2n) is 2.52. The van der Waals surface area contributed by atoms with Gasteiger partial charge in [0.05, 0.1) is 13.7 Å². The van der Waals surface area contributed by atoms with E-state index < -0.39 is 12.1 Å². The highest BCUT2D eigenvalue weighted by Crippen LogP contribution is 2.14. The molecule has 0 bridgehead atoms. The third-order valence-electron chi connectivity index (χ3n) is 1.66. The van der Waals surface area contributed by atoms with Crippen LogP contribution in [0, 0.1) is 0 Å². The van der Waals surface area contributed by atoms with Gasteiger partial charge in [0, 0.05) is 0 Å². The van der Waals surface area contributed by atoms with Gasteiger partial charge in [-0.2, -0.15) is 0 Å². The van der Waals surface area contributed by atoms with Gasteiger partial charge in [-0.1, -0.05) is 0 Å². The summed E-state index contributed by atoms with van der Waals surface area (Å²) in [5, 5.41) is 9.27. The number of esters is 1. The first kappa shape index (κ1) is 9.06. The van der Waals surface area contributed by atoms with Crippen molar-refractivity contribution in [3.05, 3.63) is 11.8 Å². The van der Waals surface area contributed by atoms with Gasteiger partial charge >= 0.3 is 5.97 Å². The topological polar surface area (TPSA) is 55.8 Å². The lowest BCUT2D eigenvalue weighted by molar-refractivity contribution is -0.150. The van der Waals surface area contributed by atoms with Crippen molar-refractivity contribution in [1.82, 2.24) is 0 Å². The van der Waals surface area contributed by atoms with Crippen molar-refractivity contribution in [2.75, 3.05) is 13.7 Å². The van der Waals surface area contributed by atoms with Gasteiger partial charge in [-0.15, -0.1) is 0 Å². The number of carbonyl (C=O) groups excluding carboxylic acids is 1. The van der Waals surface area contributed by atoms with E-state index in [0.717, 1.165) is 12.8 Å². The lowest BCUT2D eigenvalue weighted by atomic mass is 10.2. The van der Waals surface area contributed by atoms with Gasteiger partial charge in [0.15, 0.2) is 0 Å². The Balaban J connectivity index is 2.56. The van der Waals surface area contributed by atoms with Gasteiger partial charge in [-0.3, -0.25) is 0 Å². The van der Waals surface area contributed by atoms with Gasteiger partial charge in [-0.05, 0) is 18.9 Å². The Morgan fingerprint density at radius 1 is 1.83 bits per heavy atom. The van der Waals surface area contributed by atoms with E-state index in [1.165, 1.54) is 7.11 Å². The lowest BCUT2D eigenvalue weighted by Gasteiger charge is -2.17. The molecule has 0 radical (unpaired) electrons. The number of methoxy groups -OCH3 is 1. The van der Waals surface area contributed by atoms with E-state index in [1.54, 1.807) is 6.08 Å². The second kappa shape index (κ2) is 4.11. The quantitative estimate of drug-likeness (QED) is 0.605. The van der Waals surface area contributed by atoms with E-state index in [9.17, 15) is 9.90 Å². The van der Waals surface area contributed by atoms with Gasteiger partial charge < -0.3 is 14.6 Å². The lowest BCUT2D eigenvalue weighted by Crippen LogP contribution is -2.26. The van der Waals surface area contributed by atoms with Crippen molar-refractivity contribution in [3.63, 3.8) is 0 Å². The Hall–Kier alpha value is -1.03. The van der Waals surface area contributed by atoms with Gasteiger partial charge in [0.1, 0.15) is 5.76 Å². The van der Waals surface area contributed by atoms with E-state index in [4.69, 9.17) is 4.74 Å². The van der Waals surface area contributed by atoms with Crippen molar-refractivity contribution in [3.8, 4) is 0 Å². The standard InChI is InChI=1S/C8H12O4/c1-11-8(10)7(9)6-4-2-3-5-12-6/h4,7,9H,2-3,5H2,1H3. The first-order chi connectivity index (χ1) is 5.75. The minimum absolute atomic E-state index is 0.313. The Kier molecular flexibility index (Phi) is 3.10. The highest BCUT2D eigenvalue weighted by atomic mass is 16.5. The average Bonchev–Trinajstić information content (AvgIpc) is 2.17. The molecule has 4 nitrogen and oxygen atoms in total. The molecule has 1 N–H and O–H groups in total. The van der Waals surface area contributed by atoms with E-state index >= 15 is 0 Å². The van der Waals surface area contributed by atoms with Crippen LogP contribution in [0.4, 0.5) is 0 Å². The zero-order chi connectivity index (χ0) is 8.97. The van der Waals surface area contributed by atoms with Crippen LogP contribution in [0.5, 0.6) is 0 Å². The summed E-state index contributed by atoms with van der Waals surface area (Å²) < 4.78 is 9.43. The predicted molar refractivity (Wildman–Crippen MR) is 41.3 cm³/mol. The molecule has 0 saturated heterocycles. The fourth-order valence-corrected chi connectivity index (χ4v) is 0.995. The molecule has 0 aromatic carbocycles. The number of ether oxygens (including phenoxy) is 2. The second-order valence-corrected chi connectivity index (χ2v) is 2.52. The van der Waals surface area contributed by atoms with Crippen molar-refractivity contribution < 1.29 is 19.4 Å². The highest BCUT2D eigenvalue weighted by Gasteiger charge is 2.23. The smallest absolute Gasteiger partial charge is 0.342 e. The van der Waals surface area contributed by atoms with Crippen LogP contribution < -0.4 is 0 Å². The molecule has 1 rings (SSSR count). The van der Waals surface area contributed by atoms with Crippen LogP contribution in [0.25, 0.3) is 0 Å². The Labute approximate surface area is 70.8 Å². The van der Waals surface area contributed by atoms with E-state index in [1.807, 2.05) is 0 Å². The van der Waals surface area contributed by atoms with Crippen molar-refractivity contribution >= 4 is 5.97 Å². The maximum atomic E-state index is 10.8. The van der Waals surface area contributed by atoms with Gasteiger partial charge in [0.25, 0.3) is 0 Å². The molecule has 0 spiro atoms. The Morgan fingerprint density at radius 2 is 2.58 bits per heavy atom. The highest BCUT2D eigenvalue weighted by molar-refractivity contribution is 5.77. The van der Waals surface area contributed by atoms with E-state index in [-0.39, 0.29) is 0 Å². The predicted octanol–water partition coefficient (Wildman–Crippen LogP) is 0.215. The fourth-order valence-electron chi connectivity index (χ4n) is 0.995. The van der Waals surface area contributed by atoms with Crippen molar-refractivity contribution in [2.45, 2.75) is 18.9 Å². The molecule has 0 aliphatic carbocycles. The Morgan fingerprint density at radius 3 is 3.08 bits per heavy atom. The third kappa shape index (κ3) is 1.98. The summed E-state index contributed by atoms with van der Waals surface area (Å²) in [7, 11) is 1.23. The summed E-state index contributed by atoms with van der Waals surface area (Å²) in [5.74, 6) is -0.365. The molecular weight excluding hydrogens is 160 g/mol. The molecule has 4 heteroatoms. The first-order valence-electron chi connectivity index (χ1n) is 3.84. The number of rotatable bonds is 2. The van der Waals surface area contributed by atoms with Crippen LogP contribution in [0.3, 0.4) is 0 Å². The number of carbonyl (C=O) groups is 1. The van der Waals surface area contributed by atoms with Crippen LogP contribution >= 0.6 is 0 Å². The molecule has 0 fully saturated rings. The summed E-state index contributed by atoms with van der Waals surface area (Å²) in [6, 6.07) is 0. The minimum atomic E-state index is -1.25. The molecule has 1 unspecified atom stereocenters. The molecule has 0 amide bonds. The minimum Gasteiger partial charge on any atom is -0.495 e. The maximum absolute atomic E-state index is 10.8. The van der Waals surface area contributed by atoms with Crippen molar-refractivity contribution in [2.24, 2.45) is 0 Å². The Bertz CT molecular complexity index is 197. The molecule has 68 valence electrons. The number of allylic oxidation sites excluding steroid dienone is 1. The normalized spacial score (nSPS) is 19.0. The number of hydrogen-bond acceptors (Lipinski definition) is 4. The van der Waals surface area contributed by atoms with Crippen LogP contribution in [0.2, 0.25) is 0 Å². The zero-order valence-corrected chi connectivity index (χ0v) is 6.95. The summed E-state index contributed by atoms with van der Waals surface area (Å²) in [6.07, 6.45) is 2.22. The summed E-state index contributed by atoms with van der Waals surface area (Å²) in [5.41, 5.74) is 0. The number of aliphatic hydroxyl groups is 1. The monoisotopic (exact) mass is 172 g/mol. The third-order valence-corrected chi connectivity index (χ3v) is 1.66. The van der Waals surface area contributed by atoms with Crippen molar-refractivity contribution in [1.29, 1.82) is 0 Å². The number of aliphatic hydroxyl groups excluding tert-OH is 1. The maximum Gasteiger partial charge on any atom is 0.342 e. The molecular formula is C8H12O4. The number of hydrogen-bond donors (Lipinski definition) is 1. The molecule has 1 aliphatic heterocycles. The summed E-state index contributed by atoms with van der Waals surface area (Å²) in [4.78, 5) is 10.8. The van der Waals surface area contributed by atoms with Crippen LogP contribution in [-0.2, 0) is 14.3 Å². The van der Waals surface area contributed by atoms with E-state index in [2.05, 4.69) is 4.74 Å². The van der Waals surface area contributed by atoms with Gasteiger partial charge in [-0.25, -0.2) is 4.79 Å². The fraction of sp³-hybridized carbons (Fsp3) is 0.625. The molecule has 12 heavy (non-hydrogen) atoms.